The highest BCUT2D eigenvalue weighted by Crippen LogP contribution is 2.40. The molecule has 98 valence electrons. The maximum absolute atomic E-state index is 12.0. The molecule has 6 heteroatoms. The number of carboxylic acids is 1. The predicted octanol–water partition coefficient (Wildman–Crippen LogP) is 1.54. The highest BCUT2D eigenvalue weighted by Gasteiger charge is 2.32. The maximum atomic E-state index is 12.0. The molecule has 0 radical (unpaired) electrons. The third kappa shape index (κ3) is 2.69. The summed E-state index contributed by atoms with van der Waals surface area (Å²) in [7, 11) is 0. The van der Waals surface area contributed by atoms with Gasteiger partial charge in [0.25, 0.3) is 5.91 Å². The summed E-state index contributed by atoms with van der Waals surface area (Å²) < 4.78 is 4.81. The zero-order valence-corrected chi connectivity index (χ0v) is 10.2. The fourth-order valence-corrected chi connectivity index (χ4v) is 1.85. The second-order valence-electron chi connectivity index (χ2n) is 4.54. The Balaban J connectivity index is 2.05. The van der Waals surface area contributed by atoms with Crippen molar-refractivity contribution in [2.24, 2.45) is 0 Å². The minimum atomic E-state index is -1.02. The smallest absolute Gasteiger partial charge is 0.326 e. The summed E-state index contributed by atoms with van der Waals surface area (Å²) in [6.07, 6.45) is 4.39. The molecule has 1 aliphatic carbocycles. The van der Waals surface area contributed by atoms with Gasteiger partial charge in [-0.3, -0.25) is 4.79 Å². The van der Waals surface area contributed by atoms with Crippen molar-refractivity contribution < 1.29 is 19.2 Å². The molecular weight excluding hydrogens is 236 g/mol. The summed E-state index contributed by atoms with van der Waals surface area (Å²) in [6.45, 7) is 1.87. The van der Waals surface area contributed by atoms with E-state index in [2.05, 4.69) is 10.5 Å². The van der Waals surface area contributed by atoms with E-state index in [1.165, 1.54) is 6.26 Å². The Bertz CT molecular complexity index is 451. The molecule has 1 heterocycles. The van der Waals surface area contributed by atoms with Crippen molar-refractivity contribution in [2.45, 2.75) is 44.6 Å². The molecule has 2 rings (SSSR count). The van der Waals surface area contributed by atoms with Crippen LogP contribution >= 0.6 is 0 Å². The predicted molar refractivity (Wildman–Crippen MR) is 62.3 cm³/mol. The summed E-state index contributed by atoms with van der Waals surface area (Å²) in [5.74, 6) is -1.15. The average molecular weight is 252 g/mol. The number of rotatable bonds is 6. The minimum absolute atomic E-state index is 0.291. The molecule has 0 spiro atoms. The second kappa shape index (κ2) is 5.20. The van der Waals surface area contributed by atoms with Crippen LogP contribution in [-0.2, 0) is 4.79 Å². The molecule has 0 aromatic carbocycles. The Kier molecular flexibility index (Phi) is 3.64. The Morgan fingerprint density at radius 1 is 1.61 bits per heavy atom. The van der Waals surface area contributed by atoms with E-state index in [0.717, 1.165) is 12.8 Å². The highest BCUT2D eigenvalue weighted by atomic mass is 16.5. The number of carboxylic acid groups (broad SMARTS) is 1. The van der Waals surface area contributed by atoms with Crippen molar-refractivity contribution in [1.29, 1.82) is 0 Å². The lowest BCUT2D eigenvalue weighted by molar-refractivity contribution is -0.139. The van der Waals surface area contributed by atoms with E-state index >= 15 is 0 Å². The lowest BCUT2D eigenvalue weighted by Gasteiger charge is -2.12. The number of hydrogen-bond donors (Lipinski definition) is 2. The van der Waals surface area contributed by atoms with Gasteiger partial charge in [-0.25, -0.2) is 4.79 Å². The van der Waals surface area contributed by atoms with Gasteiger partial charge < -0.3 is 14.9 Å². The molecule has 0 saturated heterocycles. The maximum Gasteiger partial charge on any atom is 0.326 e. The van der Waals surface area contributed by atoms with Gasteiger partial charge in [0.2, 0.25) is 0 Å². The normalized spacial score (nSPS) is 16.3. The summed E-state index contributed by atoms with van der Waals surface area (Å²) in [4.78, 5) is 22.9. The zero-order chi connectivity index (χ0) is 13.1. The van der Waals surface area contributed by atoms with Gasteiger partial charge >= 0.3 is 5.97 Å². The van der Waals surface area contributed by atoms with Gasteiger partial charge in [-0.2, -0.15) is 0 Å². The molecule has 6 nitrogen and oxygen atoms in total. The average Bonchev–Trinajstić information content (AvgIpc) is 3.06. The van der Waals surface area contributed by atoms with Gasteiger partial charge in [0.1, 0.15) is 17.9 Å². The molecule has 0 bridgehead atoms. The number of hydrogen-bond acceptors (Lipinski definition) is 4. The van der Waals surface area contributed by atoms with Gasteiger partial charge in [0, 0.05) is 5.92 Å². The van der Waals surface area contributed by atoms with Crippen LogP contribution in [0.3, 0.4) is 0 Å². The molecule has 1 unspecified atom stereocenters. The second-order valence-corrected chi connectivity index (χ2v) is 4.54. The van der Waals surface area contributed by atoms with E-state index in [1.807, 2.05) is 6.92 Å². The monoisotopic (exact) mass is 252 g/mol. The Hall–Kier alpha value is -1.85. The molecular formula is C12H16N2O4. The molecule has 1 amide bonds. The van der Waals surface area contributed by atoms with Crippen molar-refractivity contribution in [3.05, 3.63) is 17.5 Å². The van der Waals surface area contributed by atoms with Crippen LogP contribution in [0, 0.1) is 0 Å². The molecule has 1 aromatic heterocycles. The molecule has 1 saturated carbocycles. The topological polar surface area (TPSA) is 92.4 Å². The molecule has 0 aliphatic heterocycles. The number of aromatic nitrogens is 1. The van der Waals surface area contributed by atoms with E-state index in [9.17, 15) is 9.59 Å². The van der Waals surface area contributed by atoms with E-state index in [4.69, 9.17) is 9.63 Å². The van der Waals surface area contributed by atoms with Crippen LogP contribution in [0.2, 0.25) is 0 Å². The van der Waals surface area contributed by atoms with E-state index in [1.54, 1.807) is 0 Å². The lowest BCUT2D eigenvalue weighted by atomic mass is 10.1. The van der Waals surface area contributed by atoms with Crippen molar-refractivity contribution >= 4 is 11.9 Å². The quantitative estimate of drug-likeness (QED) is 0.801. The first-order valence-corrected chi connectivity index (χ1v) is 6.11. The van der Waals surface area contributed by atoms with Crippen molar-refractivity contribution in [3.63, 3.8) is 0 Å². The number of nitrogens with one attached hydrogen (secondary N) is 1. The Morgan fingerprint density at radius 2 is 2.33 bits per heavy atom. The third-order valence-corrected chi connectivity index (χ3v) is 2.99. The number of amides is 1. The SMILES string of the molecule is CCCC(NC(=O)c1conc1C1CC1)C(=O)O. The molecule has 2 N–H and O–H groups in total. The number of aliphatic carboxylic acids is 1. The standard InChI is InChI=1S/C12H16N2O4/c1-2-3-9(12(16)17)13-11(15)8-6-18-14-10(8)7-4-5-7/h6-7,9H,2-5H2,1H3,(H,13,15)(H,16,17). The molecule has 1 fully saturated rings. The van der Waals surface area contributed by atoms with Gasteiger partial charge in [-0.05, 0) is 19.3 Å². The van der Waals surface area contributed by atoms with Gasteiger partial charge in [0.15, 0.2) is 0 Å². The molecule has 1 aromatic rings. The summed E-state index contributed by atoms with van der Waals surface area (Å²) in [5, 5.41) is 15.3. The number of carbonyl (C=O) groups is 2. The van der Waals surface area contributed by atoms with E-state index < -0.39 is 17.9 Å². The van der Waals surface area contributed by atoms with Crippen LogP contribution in [0.15, 0.2) is 10.8 Å². The first-order valence-electron chi connectivity index (χ1n) is 6.11. The van der Waals surface area contributed by atoms with Crippen LogP contribution in [0.25, 0.3) is 0 Å². The molecule has 1 atom stereocenters. The largest absolute Gasteiger partial charge is 0.480 e. The number of nitrogens with zero attached hydrogens (tertiary/aromatic N) is 1. The van der Waals surface area contributed by atoms with Crippen LogP contribution in [0.1, 0.15) is 54.6 Å². The van der Waals surface area contributed by atoms with E-state index in [-0.39, 0.29) is 0 Å². The third-order valence-electron chi connectivity index (χ3n) is 2.99. The van der Waals surface area contributed by atoms with Crippen LogP contribution in [0.5, 0.6) is 0 Å². The van der Waals surface area contributed by atoms with Crippen LogP contribution in [0.4, 0.5) is 0 Å². The van der Waals surface area contributed by atoms with Crippen molar-refractivity contribution in [2.75, 3.05) is 0 Å². The summed E-state index contributed by atoms with van der Waals surface area (Å²) in [6, 6.07) is -0.857. The van der Waals surface area contributed by atoms with E-state index in [0.29, 0.717) is 30.0 Å². The van der Waals surface area contributed by atoms with Gasteiger partial charge in [-0.1, -0.05) is 18.5 Å². The van der Waals surface area contributed by atoms with Crippen LogP contribution in [-0.4, -0.2) is 28.2 Å². The Morgan fingerprint density at radius 3 is 2.89 bits per heavy atom. The van der Waals surface area contributed by atoms with Gasteiger partial charge in [-0.15, -0.1) is 0 Å². The fraction of sp³-hybridized carbons (Fsp3) is 0.583. The van der Waals surface area contributed by atoms with Crippen LogP contribution < -0.4 is 5.32 Å². The molecule has 18 heavy (non-hydrogen) atoms. The molecule has 1 aliphatic rings. The summed E-state index contributed by atoms with van der Waals surface area (Å²) >= 11 is 0. The number of carbonyl (C=O) groups excluding carboxylic acids is 1. The van der Waals surface area contributed by atoms with Gasteiger partial charge in [0.05, 0.1) is 5.69 Å². The first kappa shape index (κ1) is 12.6. The fourth-order valence-electron chi connectivity index (χ4n) is 1.85. The summed E-state index contributed by atoms with van der Waals surface area (Å²) in [5.41, 5.74) is 1.01. The van der Waals surface area contributed by atoms with Crippen molar-refractivity contribution in [3.8, 4) is 0 Å². The first-order chi connectivity index (χ1) is 8.63. The Labute approximate surface area is 104 Å². The lowest BCUT2D eigenvalue weighted by Crippen LogP contribution is -2.40. The minimum Gasteiger partial charge on any atom is -0.480 e. The zero-order valence-electron chi connectivity index (χ0n) is 10.2. The highest BCUT2D eigenvalue weighted by molar-refractivity contribution is 5.97. The van der Waals surface area contributed by atoms with Crippen molar-refractivity contribution in [1.82, 2.24) is 10.5 Å².